The number of piperidine rings is 1. The first-order valence-electron chi connectivity index (χ1n) is 12.0. The van der Waals surface area contributed by atoms with Gasteiger partial charge in [0.25, 0.3) is 0 Å². The van der Waals surface area contributed by atoms with Crippen LogP contribution in [0.15, 0.2) is 42.5 Å². The smallest absolute Gasteiger partial charge is 0.367 e. The first kappa shape index (κ1) is 26.6. The number of anilines is 3. The van der Waals surface area contributed by atoms with Crippen molar-refractivity contribution in [1.82, 2.24) is 10.2 Å². The Morgan fingerprint density at radius 3 is 2.41 bits per heavy atom. The Hall–Kier alpha value is -3.41. The first-order chi connectivity index (χ1) is 17.5. The molecule has 2 N–H and O–H groups in total. The SMILES string of the molecule is CN(CC(F)(F)F)C1CCN(c2ccc(N3CCC[C@@H](NC(=O)Nc4ccccc4)C3=O)c(F)c2F)C1. The largest absolute Gasteiger partial charge is 0.401 e. The van der Waals surface area contributed by atoms with Gasteiger partial charge in [-0.15, -0.1) is 0 Å². The second-order valence-electron chi connectivity index (χ2n) is 9.30. The molecule has 0 aromatic heterocycles. The summed E-state index contributed by atoms with van der Waals surface area (Å²) in [6.45, 7) is -0.542. The monoisotopic (exact) mass is 525 g/mol. The number of alkyl halides is 3. The van der Waals surface area contributed by atoms with Gasteiger partial charge in [-0.1, -0.05) is 18.2 Å². The van der Waals surface area contributed by atoms with Crippen molar-refractivity contribution in [2.75, 3.05) is 48.3 Å². The van der Waals surface area contributed by atoms with Crippen LogP contribution in [-0.2, 0) is 4.79 Å². The van der Waals surface area contributed by atoms with Crippen molar-refractivity contribution >= 4 is 29.0 Å². The van der Waals surface area contributed by atoms with Crippen LogP contribution in [0.1, 0.15) is 19.3 Å². The Bertz CT molecular complexity index is 1130. The minimum absolute atomic E-state index is 0.0643. The molecule has 2 fully saturated rings. The number of urea groups is 1. The summed E-state index contributed by atoms with van der Waals surface area (Å²) < 4.78 is 68.5. The van der Waals surface area contributed by atoms with Crippen molar-refractivity contribution in [2.45, 2.75) is 37.5 Å². The van der Waals surface area contributed by atoms with Crippen molar-refractivity contribution < 1.29 is 31.5 Å². The number of halogens is 5. The van der Waals surface area contributed by atoms with E-state index >= 15 is 8.78 Å². The molecule has 0 aliphatic carbocycles. The molecular weight excluding hydrogens is 497 g/mol. The average Bonchev–Trinajstić information content (AvgIpc) is 3.32. The van der Waals surface area contributed by atoms with E-state index in [0.717, 1.165) is 9.80 Å². The van der Waals surface area contributed by atoms with E-state index < -0.39 is 48.4 Å². The third kappa shape index (κ3) is 6.30. The van der Waals surface area contributed by atoms with E-state index in [1.807, 2.05) is 0 Å². The standard InChI is InChI=1S/C25H28F5N5O2/c1-33(15-25(28,29)30)17-11-13-34(14-17)19-9-10-20(22(27)21(19)26)35-12-5-8-18(23(35)36)32-24(37)31-16-6-3-2-4-7-16/h2-4,6-7,9-10,17-18H,5,8,11-15H2,1H3,(H2,31,32,37)/t17?,18-/m1/s1. The Balaban J connectivity index is 1.43. The highest BCUT2D eigenvalue weighted by molar-refractivity contribution is 6.01. The lowest BCUT2D eigenvalue weighted by Gasteiger charge is -2.33. The maximum Gasteiger partial charge on any atom is 0.401 e. The summed E-state index contributed by atoms with van der Waals surface area (Å²) in [7, 11) is 1.36. The van der Waals surface area contributed by atoms with E-state index in [9.17, 15) is 22.8 Å². The fourth-order valence-corrected chi connectivity index (χ4v) is 4.81. The van der Waals surface area contributed by atoms with Gasteiger partial charge < -0.3 is 20.4 Å². The van der Waals surface area contributed by atoms with E-state index in [0.29, 0.717) is 24.9 Å². The summed E-state index contributed by atoms with van der Waals surface area (Å²) in [5.74, 6) is -2.94. The summed E-state index contributed by atoms with van der Waals surface area (Å²) in [6, 6.07) is 9.32. The minimum atomic E-state index is -4.35. The quantitative estimate of drug-likeness (QED) is 0.551. The fourth-order valence-electron chi connectivity index (χ4n) is 4.81. The van der Waals surface area contributed by atoms with Gasteiger partial charge in [0.05, 0.1) is 17.9 Å². The fraction of sp³-hybridized carbons (Fsp3) is 0.440. The van der Waals surface area contributed by atoms with Gasteiger partial charge in [-0.05, 0) is 50.6 Å². The van der Waals surface area contributed by atoms with Crippen LogP contribution in [0, 0.1) is 11.6 Å². The molecule has 2 atom stereocenters. The lowest BCUT2D eigenvalue weighted by atomic mass is 10.0. The van der Waals surface area contributed by atoms with Crippen molar-refractivity contribution in [3.8, 4) is 0 Å². The molecule has 37 heavy (non-hydrogen) atoms. The number of nitrogens with zero attached hydrogens (tertiary/aromatic N) is 3. The maximum atomic E-state index is 15.2. The van der Waals surface area contributed by atoms with Gasteiger partial charge in [0.1, 0.15) is 6.04 Å². The maximum absolute atomic E-state index is 15.2. The van der Waals surface area contributed by atoms with Crippen LogP contribution >= 0.6 is 0 Å². The third-order valence-corrected chi connectivity index (χ3v) is 6.66. The number of carbonyl (C=O) groups excluding carboxylic acids is 2. The van der Waals surface area contributed by atoms with Crippen LogP contribution in [0.3, 0.4) is 0 Å². The predicted octanol–water partition coefficient (Wildman–Crippen LogP) is 4.35. The van der Waals surface area contributed by atoms with Crippen molar-refractivity contribution in [1.29, 1.82) is 0 Å². The molecule has 0 saturated carbocycles. The number of rotatable bonds is 6. The number of carbonyl (C=O) groups is 2. The Morgan fingerprint density at radius 1 is 1.03 bits per heavy atom. The van der Waals surface area contributed by atoms with E-state index in [-0.39, 0.29) is 31.0 Å². The predicted molar refractivity (Wildman–Crippen MR) is 130 cm³/mol. The number of para-hydroxylation sites is 1. The summed E-state index contributed by atoms with van der Waals surface area (Å²) >= 11 is 0. The zero-order chi connectivity index (χ0) is 26.7. The van der Waals surface area contributed by atoms with Gasteiger partial charge in [0, 0.05) is 31.4 Å². The van der Waals surface area contributed by atoms with Gasteiger partial charge in [-0.3, -0.25) is 9.69 Å². The number of benzene rings is 2. The molecule has 7 nitrogen and oxygen atoms in total. The molecule has 0 spiro atoms. The number of likely N-dealkylation sites (N-methyl/N-ethyl adjacent to an activating group) is 1. The van der Waals surface area contributed by atoms with E-state index in [2.05, 4.69) is 10.6 Å². The average molecular weight is 526 g/mol. The van der Waals surface area contributed by atoms with Crippen LogP contribution in [0.25, 0.3) is 0 Å². The number of amides is 3. The highest BCUT2D eigenvalue weighted by atomic mass is 19.4. The normalized spacial score (nSPS) is 20.5. The van der Waals surface area contributed by atoms with Crippen molar-refractivity contribution in [2.24, 2.45) is 0 Å². The third-order valence-electron chi connectivity index (χ3n) is 6.66. The Morgan fingerprint density at radius 2 is 1.70 bits per heavy atom. The van der Waals surface area contributed by atoms with E-state index in [1.165, 1.54) is 24.1 Å². The summed E-state index contributed by atoms with van der Waals surface area (Å²) in [5, 5.41) is 5.21. The molecule has 1 unspecified atom stereocenters. The number of hydrogen-bond donors (Lipinski definition) is 2. The Kier molecular flexibility index (Phi) is 7.86. The lowest BCUT2D eigenvalue weighted by molar-refractivity contribution is -0.146. The highest BCUT2D eigenvalue weighted by Gasteiger charge is 2.37. The molecule has 200 valence electrons. The molecule has 0 bridgehead atoms. The molecule has 2 aliphatic heterocycles. The van der Waals surface area contributed by atoms with Gasteiger partial charge in [0.2, 0.25) is 5.91 Å². The number of nitrogens with one attached hydrogen (secondary N) is 2. The van der Waals surface area contributed by atoms with Gasteiger partial charge >= 0.3 is 12.2 Å². The van der Waals surface area contributed by atoms with Crippen molar-refractivity contribution in [3.05, 3.63) is 54.1 Å². The molecule has 2 aromatic carbocycles. The molecule has 4 rings (SSSR count). The highest BCUT2D eigenvalue weighted by Crippen LogP contribution is 2.33. The van der Waals surface area contributed by atoms with E-state index in [1.54, 1.807) is 30.3 Å². The second-order valence-corrected chi connectivity index (χ2v) is 9.30. The first-order valence-corrected chi connectivity index (χ1v) is 12.0. The summed E-state index contributed by atoms with van der Waals surface area (Å²) in [6.07, 6.45) is -3.17. The number of hydrogen-bond acceptors (Lipinski definition) is 4. The molecule has 12 heteroatoms. The van der Waals surface area contributed by atoms with Crippen LogP contribution in [0.2, 0.25) is 0 Å². The van der Waals surface area contributed by atoms with Crippen LogP contribution in [0.4, 0.5) is 43.8 Å². The molecule has 2 saturated heterocycles. The minimum Gasteiger partial charge on any atom is -0.367 e. The zero-order valence-corrected chi connectivity index (χ0v) is 20.2. The molecule has 2 aliphatic rings. The molecule has 2 heterocycles. The Labute approximate surface area is 211 Å². The topological polar surface area (TPSA) is 67.9 Å². The van der Waals surface area contributed by atoms with Crippen molar-refractivity contribution in [3.63, 3.8) is 0 Å². The van der Waals surface area contributed by atoms with Crippen LogP contribution in [-0.4, -0.2) is 68.3 Å². The van der Waals surface area contributed by atoms with Crippen LogP contribution < -0.4 is 20.4 Å². The lowest BCUT2D eigenvalue weighted by Crippen LogP contribution is -2.53. The van der Waals surface area contributed by atoms with E-state index in [4.69, 9.17) is 0 Å². The van der Waals surface area contributed by atoms with Gasteiger partial charge in [-0.2, -0.15) is 13.2 Å². The second kappa shape index (κ2) is 10.9. The van der Waals surface area contributed by atoms with Crippen LogP contribution in [0.5, 0.6) is 0 Å². The molecule has 2 aromatic rings. The molecule has 3 amide bonds. The van der Waals surface area contributed by atoms with Gasteiger partial charge in [0.15, 0.2) is 11.6 Å². The zero-order valence-electron chi connectivity index (χ0n) is 20.2. The van der Waals surface area contributed by atoms with Gasteiger partial charge in [-0.25, -0.2) is 13.6 Å². The summed E-state index contributed by atoms with van der Waals surface area (Å²) in [5.41, 5.74) is 0.231. The summed E-state index contributed by atoms with van der Waals surface area (Å²) in [4.78, 5) is 29.2. The molecular formula is C25H28F5N5O2. The molecule has 0 radical (unpaired) electrons.